The Labute approximate surface area is 189 Å². The van der Waals surface area contributed by atoms with Crippen LogP contribution in [0.1, 0.15) is 86.0 Å². The van der Waals surface area contributed by atoms with Crippen molar-refractivity contribution in [3.63, 3.8) is 0 Å². The molecule has 0 bridgehead atoms. The summed E-state index contributed by atoms with van der Waals surface area (Å²) in [5, 5.41) is 30.9. The molecule has 0 aromatic heterocycles. The minimum Gasteiger partial charge on any atom is -0.393 e. The number of aliphatic hydroxyl groups is 3. The Balaban J connectivity index is 1.77. The first-order valence-electron chi connectivity index (χ1n) is 12.2. The normalized spacial score (nSPS) is 37.9. The summed E-state index contributed by atoms with van der Waals surface area (Å²) in [7, 11) is 0. The number of hydrogen-bond acceptors (Lipinski definition) is 3. The zero-order chi connectivity index (χ0) is 23.0. The Hall–Kier alpha value is -1.16. The third-order valence-electron chi connectivity index (χ3n) is 8.82. The van der Waals surface area contributed by atoms with Crippen LogP contribution in [0.5, 0.6) is 0 Å². The lowest BCUT2D eigenvalue weighted by Crippen LogP contribution is -2.46. The van der Waals surface area contributed by atoms with E-state index in [1.807, 2.05) is 0 Å². The van der Waals surface area contributed by atoms with Crippen LogP contribution < -0.4 is 0 Å². The SMILES string of the molecule is C=C1CC[C@@H](O)C/C1=C/C=C1\CCC[C@]2(C)[C@@H]([C@H](C)/C=C/[C@@](C)(O)C(C)(C)O)CC[C@@H]12. The van der Waals surface area contributed by atoms with Crippen molar-refractivity contribution in [1.29, 1.82) is 0 Å². The van der Waals surface area contributed by atoms with Gasteiger partial charge in [0, 0.05) is 0 Å². The van der Waals surface area contributed by atoms with Crippen molar-refractivity contribution in [1.82, 2.24) is 0 Å². The van der Waals surface area contributed by atoms with Gasteiger partial charge in [-0.2, -0.15) is 0 Å². The summed E-state index contributed by atoms with van der Waals surface area (Å²) in [5.41, 5.74) is 1.83. The van der Waals surface area contributed by atoms with Crippen molar-refractivity contribution in [2.75, 3.05) is 0 Å². The summed E-state index contributed by atoms with van der Waals surface area (Å²) in [6, 6.07) is 0. The van der Waals surface area contributed by atoms with Crippen molar-refractivity contribution < 1.29 is 15.3 Å². The van der Waals surface area contributed by atoms with Gasteiger partial charge >= 0.3 is 0 Å². The maximum absolute atomic E-state index is 10.6. The van der Waals surface area contributed by atoms with E-state index in [9.17, 15) is 15.3 Å². The largest absolute Gasteiger partial charge is 0.393 e. The molecule has 3 rings (SSSR count). The molecule has 31 heavy (non-hydrogen) atoms. The standard InChI is InChI=1S/C28H44O3/c1-19-9-12-23(29)18-22(19)11-10-21-8-7-16-27(5)24(13-14-25(21)27)20(2)15-17-28(6,31)26(3,4)30/h10-11,15,17,20,23-25,29-31H,1,7-9,12-14,16,18H2,2-6H3/b17-15+,21-10+,22-11-/t20-,23-,24-,25+,27-,28-/m1/s1. The van der Waals surface area contributed by atoms with Gasteiger partial charge in [0.2, 0.25) is 0 Å². The Morgan fingerprint density at radius 1 is 1.10 bits per heavy atom. The molecule has 0 spiro atoms. The van der Waals surface area contributed by atoms with E-state index >= 15 is 0 Å². The van der Waals surface area contributed by atoms with Crippen LogP contribution in [0, 0.1) is 23.2 Å². The van der Waals surface area contributed by atoms with Gasteiger partial charge in [-0.3, -0.25) is 0 Å². The van der Waals surface area contributed by atoms with Gasteiger partial charge in [-0.1, -0.05) is 55.9 Å². The molecular formula is C28H44O3. The fraction of sp³-hybridized carbons (Fsp3) is 0.714. The fourth-order valence-electron chi connectivity index (χ4n) is 6.22. The van der Waals surface area contributed by atoms with Gasteiger partial charge < -0.3 is 15.3 Å². The highest BCUT2D eigenvalue weighted by Gasteiger charge is 2.50. The molecule has 3 aliphatic carbocycles. The summed E-state index contributed by atoms with van der Waals surface area (Å²) >= 11 is 0. The van der Waals surface area contributed by atoms with Gasteiger partial charge in [-0.25, -0.2) is 0 Å². The predicted molar refractivity (Wildman–Crippen MR) is 129 cm³/mol. The van der Waals surface area contributed by atoms with E-state index in [0.717, 1.165) is 19.3 Å². The highest BCUT2D eigenvalue weighted by Crippen LogP contribution is 2.59. The maximum atomic E-state index is 10.6. The molecule has 0 aromatic carbocycles. The molecule has 0 aromatic rings. The second-order valence-corrected chi connectivity index (χ2v) is 11.5. The quantitative estimate of drug-likeness (QED) is 0.480. The van der Waals surface area contributed by atoms with Crippen molar-refractivity contribution in [2.45, 2.75) is 103 Å². The minimum absolute atomic E-state index is 0.226. The van der Waals surface area contributed by atoms with Crippen molar-refractivity contribution in [3.05, 3.63) is 47.6 Å². The van der Waals surface area contributed by atoms with Crippen molar-refractivity contribution in [2.24, 2.45) is 23.2 Å². The monoisotopic (exact) mass is 428 g/mol. The van der Waals surface area contributed by atoms with E-state index in [-0.39, 0.29) is 11.5 Å². The van der Waals surface area contributed by atoms with Crippen LogP contribution in [0.2, 0.25) is 0 Å². The number of aliphatic hydroxyl groups excluding tert-OH is 1. The molecule has 3 heteroatoms. The van der Waals surface area contributed by atoms with E-state index in [1.165, 1.54) is 43.3 Å². The molecule has 6 atom stereocenters. The van der Waals surface area contributed by atoms with Crippen LogP contribution >= 0.6 is 0 Å². The lowest BCUT2D eigenvalue weighted by atomic mass is 9.61. The highest BCUT2D eigenvalue weighted by atomic mass is 16.3. The molecule has 0 amide bonds. The van der Waals surface area contributed by atoms with Crippen LogP contribution in [0.15, 0.2) is 47.6 Å². The molecule has 3 nitrogen and oxygen atoms in total. The molecule has 3 aliphatic rings. The van der Waals surface area contributed by atoms with Crippen LogP contribution in [-0.2, 0) is 0 Å². The van der Waals surface area contributed by atoms with Gasteiger partial charge in [0.05, 0.1) is 11.7 Å². The van der Waals surface area contributed by atoms with E-state index in [4.69, 9.17) is 0 Å². The van der Waals surface area contributed by atoms with Crippen molar-refractivity contribution in [3.8, 4) is 0 Å². The van der Waals surface area contributed by atoms with E-state index < -0.39 is 11.2 Å². The number of allylic oxidation sites excluding steroid dienone is 5. The average molecular weight is 429 g/mol. The van der Waals surface area contributed by atoms with Crippen LogP contribution in [0.3, 0.4) is 0 Å². The van der Waals surface area contributed by atoms with E-state index in [1.54, 1.807) is 32.4 Å². The Morgan fingerprint density at radius 3 is 2.48 bits per heavy atom. The van der Waals surface area contributed by atoms with Crippen LogP contribution in [0.25, 0.3) is 0 Å². The predicted octanol–water partition coefficient (Wildman–Crippen LogP) is 5.87. The molecule has 3 N–H and O–H groups in total. The second kappa shape index (κ2) is 9.00. The molecule has 3 saturated carbocycles. The second-order valence-electron chi connectivity index (χ2n) is 11.5. The highest BCUT2D eigenvalue weighted by molar-refractivity contribution is 5.36. The molecule has 0 aliphatic heterocycles. The third-order valence-corrected chi connectivity index (χ3v) is 8.82. The van der Waals surface area contributed by atoms with Gasteiger partial charge in [0.1, 0.15) is 5.60 Å². The van der Waals surface area contributed by atoms with E-state index in [2.05, 4.69) is 38.7 Å². The van der Waals surface area contributed by atoms with Gasteiger partial charge in [-0.05, 0) is 101 Å². The third kappa shape index (κ3) is 5.10. The van der Waals surface area contributed by atoms with Gasteiger partial charge in [0.15, 0.2) is 0 Å². The molecule has 174 valence electrons. The van der Waals surface area contributed by atoms with Gasteiger partial charge in [0.25, 0.3) is 0 Å². The molecule has 3 fully saturated rings. The topological polar surface area (TPSA) is 60.7 Å². The first-order chi connectivity index (χ1) is 14.3. The lowest BCUT2D eigenvalue weighted by Gasteiger charge is -2.44. The van der Waals surface area contributed by atoms with E-state index in [0.29, 0.717) is 17.8 Å². The van der Waals surface area contributed by atoms with Gasteiger partial charge in [-0.15, -0.1) is 0 Å². The number of hydrogen-bond donors (Lipinski definition) is 3. The molecule has 0 radical (unpaired) electrons. The molecule has 0 heterocycles. The zero-order valence-electron chi connectivity index (χ0n) is 20.3. The molecular weight excluding hydrogens is 384 g/mol. The maximum Gasteiger partial charge on any atom is 0.108 e. The average Bonchev–Trinajstić information content (AvgIpc) is 3.03. The first kappa shape index (κ1) is 24.5. The molecule has 0 unspecified atom stereocenters. The fourth-order valence-corrected chi connectivity index (χ4v) is 6.22. The Kier molecular flexibility index (Phi) is 7.11. The zero-order valence-corrected chi connectivity index (χ0v) is 20.3. The lowest BCUT2D eigenvalue weighted by molar-refractivity contribution is -0.0886. The molecule has 0 saturated heterocycles. The number of rotatable bonds is 5. The first-order valence-corrected chi connectivity index (χ1v) is 12.2. The van der Waals surface area contributed by atoms with Crippen molar-refractivity contribution >= 4 is 0 Å². The Bertz CT molecular complexity index is 764. The van der Waals surface area contributed by atoms with Crippen LogP contribution in [0.4, 0.5) is 0 Å². The smallest absolute Gasteiger partial charge is 0.108 e. The summed E-state index contributed by atoms with van der Waals surface area (Å²) in [4.78, 5) is 0. The summed E-state index contributed by atoms with van der Waals surface area (Å²) < 4.78 is 0. The minimum atomic E-state index is -1.24. The summed E-state index contributed by atoms with van der Waals surface area (Å²) in [6.07, 6.45) is 16.8. The number of fused-ring (bicyclic) bond motifs is 1. The summed E-state index contributed by atoms with van der Waals surface area (Å²) in [5.74, 6) is 1.54. The van der Waals surface area contributed by atoms with Crippen LogP contribution in [-0.4, -0.2) is 32.6 Å². The summed E-state index contributed by atoms with van der Waals surface area (Å²) in [6.45, 7) is 13.9. The Morgan fingerprint density at radius 2 is 1.81 bits per heavy atom.